The highest BCUT2D eigenvalue weighted by atomic mass is 16.2. The smallest absolute Gasteiger partial charge is 0.251 e. The second-order valence-corrected chi connectivity index (χ2v) is 6.42. The van der Waals surface area contributed by atoms with Gasteiger partial charge in [-0.25, -0.2) is 0 Å². The molecule has 1 atom stereocenters. The maximum atomic E-state index is 12.3. The van der Waals surface area contributed by atoms with Gasteiger partial charge in [-0.05, 0) is 55.7 Å². The molecule has 0 aliphatic heterocycles. The molecule has 4 nitrogen and oxygen atoms in total. The number of nitrogens with two attached hydrogens (primary N) is 1. The Kier molecular flexibility index (Phi) is 5.58. The number of nitrogens with one attached hydrogen (secondary N) is 1. The van der Waals surface area contributed by atoms with Gasteiger partial charge in [0.1, 0.15) is 0 Å². The van der Waals surface area contributed by atoms with Crippen molar-refractivity contribution < 1.29 is 9.59 Å². The van der Waals surface area contributed by atoms with Crippen LogP contribution >= 0.6 is 0 Å². The van der Waals surface area contributed by atoms with E-state index in [4.69, 9.17) is 5.73 Å². The molecule has 2 amide bonds. The van der Waals surface area contributed by atoms with Crippen molar-refractivity contribution in [3.05, 3.63) is 35.4 Å². The predicted octanol–water partition coefficient (Wildman–Crippen LogP) is 3.12. The second kappa shape index (κ2) is 7.43. The van der Waals surface area contributed by atoms with Gasteiger partial charge in [0.15, 0.2) is 0 Å². The molecule has 1 aliphatic rings. The third-order valence-corrected chi connectivity index (χ3v) is 4.97. The van der Waals surface area contributed by atoms with Crippen LogP contribution in [-0.2, 0) is 0 Å². The van der Waals surface area contributed by atoms with Crippen molar-refractivity contribution in [3.63, 3.8) is 0 Å². The first kappa shape index (κ1) is 16.5. The van der Waals surface area contributed by atoms with Gasteiger partial charge in [0.05, 0.1) is 0 Å². The van der Waals surface area contributed by atoms with Crippen LogP contribution in [0, 0.1) is 11.8 Å². The monoisotopic (exact) mass is 302 g/mol. The van der Waals surface area contributed by atoms with Gasteiger partial charge in [-0.2, -0.15) is 0 Å². The van der Waals surface area contributed by atoms with Crippen LogP contribution in [0.3, 0.4) is 0 Å². The molecule has 120 valence electrons. The average Bonchev–Trinajstić information content (AvgIpc) is 2.54. The molecule has 1 aliphatic carbocycles. The fourth-order valence-corrected chi connectivity index (χ4v) is 3.25. The molecule has 0 radical (unpaired) electrons. The number of hydrogen-bond acceptors (Lipinski definition) is 2. The summed E-state index contributed by atoms with van der Waals surface area (Å²) in [5.74, 6) is 0.930. The normalized spacial score (nSPS) is 22.8. The first-order valence-corrected chi connectivity index (χ1v) is 8.22. The molecule has 1 fully saturated rings. The molecule has 3 N–H and O–H groups in total. The van der Waals surface area contributed by atoms with Gasteiger partial charge in [0.25, 0.3) is 5.91 Å². The fraction of sp³-hybridized carbons (Fsp3) is 0.556. The zero-order chi connectivity index (χ0) is 16.1. The second-order valence-electron chi connectivity index (χ2n) is 6.42. The molecular formula is C18H26N2O2. The van der Waals surface area contributed by atoms with E-state index in [1.807, 2.05) is 0 Å². The molecular weight excluding hydrogens is 276 g/mol. The Morgan fingerprint density at radius 3 is 2.45 bits per heavy atom. The standard InChI is InChI=1S/C18H26N2O2/c1-3-12(2)13-7-9-16(10-8-13)20-18(22)15-6-4-5-14(11-15)17(19)21/h4-6,11-13,16H,3,7-10H2,1-2H3,(H2,19,21)(H,20,22)/t12?,13-,16+. The van der Waals surface area contributed by atoms with Crippen molar-refractivity contribution in [2.24, 2.45) is 17.6 Å². The van der Waals surface area contributed by atoms with E-state index in [9.17, 15) is 9.59 Å². The third-order valence-electron chi connectivity index (χ3n) is 4.97. The SMILES string of the molecule is CCC(C)[C@H]1CC[C@@H](NC(=O)c2cccc(C(N)=O)c2)CC1. The Balaban J connectivity index is 1.91. The van der Waals surface area contributed by atoms with Crippen molar-refractivity contribution in [1.29, 1.82) is 0 Å². The predicted molar refractivity (Wildman–Crippen MR) is 87.6 cm³/mol. The summed E-state index contributed by atoms with van der Waals surface area (Å²) in [5, 5.41) is 3.09. The largest absolute Gasteiger partial charge is 0.366 e. The highest BCUT2D eigenvalue weighted by molar-refractivity contribution is 5.99. The van der Waals surface area contributed by atoms with Crippen molar-refractivity contribution in [2.75, 3.05) is 0 Å². The molecule has 0 heterocycles. The molecule has 22 heavy (non-hydrogen) atoms. The summed E-state index contributed by atoms with van der Waals surface area (Å²) in [4.78, 5) is 23.5. The van der Waals surface area contributed by atoms with Crippen molar-refractivity contribution in [1.82, 2.24) is 5.32 Å². The quantitative estimate of drug-likeness (QED) is 0.877. The Labute approximate surface area is 132 Å². The average molecular weight is 302 g/mol. The van der Waals surface area contributed by atoms with Crippen LogP contribution in [0.5, 0.6) is 0 Å². The first-order chi connectivity index (χ1) is 10.5. The van der Waals surface area contributed by atoms with E-state index >= 15 is 0 Å². The number of rotatable bonds is 5. The molecule has 1 saturated carbocycles. The number of primary amides is 1. The Morgan fingerprint density at radius 2 is 1.86 bits per heavy atom. The lowest BCUT2D eigenvalue weighted by Crippen LogP contribution is -2.38. The Bertz CT molecular complexity index is 534. The lowest BCUT2D eigenvalue weighted by molar-refractivity contribution is 0.0916. The molecule has 1 unspecified atom stereocenters. The van der Waals surface area contributed by atoms with Crippen LogP contribution < -0.4 is 11.1 Å². The molecule has 1 aromatic rings. The highest BCUT2D eigenvalue weighted by Gasteiger charge is 2.25. The summed E-state index contributed by atoms with van der Waals surface area (Å²) in [5.41, 5.74) is 6.12. The third kappa shape index (κ3) is 4.09. The van der Waals surface area contributed by atoms with Gasteiger partial charge in [-0.3, -0.25) is 9.59 Å². The van der Waals surface area contributed by atoms with E-state index in [1.54, 1.807) is 24.3 Å². The Hall–Kier alpha value is -1.84. The first-order valence-electron chi connectivity index (χ1n) is 8.22. The zero-order valence-corrected chi connectivity index (χ0v) is 13.5. The van der Waals surface area contributed by atoms with E-state index in [0.717, 1.165) is 24.7 Å². The van der Waals surface area contributed by atoms with E-state index in [2.05, 4.69) is 19.2 Å². The van der Waals surface area contributed by atoms with E-state index in [-0.39, 0.29) is 11.9 Å². The lowest BCUT2D eigenvalue weighted by atomic mass is 9.78. The molecule has 0 saturated heterocycles. The summed E-state index contributed by atoms with van der Waals surface area (Å²) in [6.45, 7) is 4.56. The summed E-state index contributed by atoms with van der Waals surface area (Å²) in [6.07, 6.45) is 5.66. The van der Waals surface area contributed by atoms with Crippen LogP contribution in [0.4, 0.5) is 0 Å². The van der Waals surface area contributed by atoms with Gasteiger partial charge in [0.2, 0.25) is 5.91 Å². The number of carbonyl (C=O) groups is 2. The van der Waals surface area contributed by atoms with E-state index in [1.165, 1.54) is 19.3 Å². The molecule has 0 aromatic heterocycles. The van der Waals surface area contributed by atoms with Crippen LogP contribution in [-0.4, -0.2) is 17.9 Å². The highest BCUT2D eigenvalue weighted by Crippen LogP contribution is 2.31. The van der Waals surface area contributed by atoms with Gasteiger partial charge >= 0.3 is 0 Å². The van der Waals surface area contributed by atoms with Crippen LogP contribution in [0.15, 0.2) is 24.3 Å². The van der Waals surface area contributed by atoms with Crippen molar-refractivity contribution in [3.8, 4) is 0 Å². The molecule has 0 bridgehead atoms. The summed E-state index contributed by atoms with van der Waals surface area (Å²) in [6, 6.07) is 6.82. The lowest BCUT2D eigenvalue weighted by Gasteiger charge is -2.32. The fourth-order valence-electron chi connectivity index (χ4n) is 3.25. The van der Waals surface area contributed by atoms with Gasteiger partial charge in [-0.1, -0.05) is 26.3 Å². The van der Waals surface area contributed by atoms with Crippen LogP contribution in [0.25, 0.3) is 0 Å². The minimum absolute atomic E-state index is 0.116. The van der Waals surface area contributed by atoms with Crippen molar-refractivity contribution >= 4 is 11.8 Å². The zero-order valence-electron chi connectivity index (χ0n) is 13.5. The molecule has 4 heteroatoms. The minimum atomic E-state index is -0.510. The topological polar surface area (TPSA) is 72.2 Å². The maximum absolute atomic E-state index is 12.3. The summed E-state index contributed by atoms with van der Waals surface area (Å²) in [7, 11) is 0. The number of carbonyl (C=O) groups excluding carboxylic acids is 2. The van der Waals surface area contributed by atoms with Crippen LogP contribution in [0.2, 0.25) is 0 Å². The van der Waals surface area contributed by atoms with E-state index in [0.29, 0.717) is 11.1 Å². The van der Waals surface area contributed by atoms with Crippen molar-refractivity contribution in [2.45, 2.75) is 52.0 Å². The summed E-state index contributed by atoms with van der Waals surface area (Å²) < 4.78 is 0. The number of benzene rings is 1. The minimum Gasteiger partial charge on any atom is -0.366 e. The van der Waals surface area contributed by atoms with Crippen LogP contribution in [0.1, 0.15) is 66.7 Å². The number of hydrogen-bond donors (Lipinski definition) is 2. The maximum Gasteiger partial charge on any atom is 0.251 e. The summed E-state index contributed by atoms with van der Waals surface area (Å²) >= 11 is 0. The van der Waals surface area contributed by atoms with E-state index < -0.39 is 5.91 Å². The Morgan fingerprint density at radius 1 is 1.23 bits per heavy atom. The van der Waals surface area contributed by atoms with Gasteiger partial charge < -0.3 is 11.1 Å². The molecule has 2 rings (SSSR count). The number of amides is 2. The molecule has 1 aromatic carbocycles. The molecule has 0 spiro atoms. The van der Waals surface area contributed by atoms with Gasteiger partial charge in [-0.15, -0.1) is 0 Å². The van der Waals surface area contributed by atoms with Gasteiger partial charge in [0, 0.05) is 17.2 Å².